The Balaban J connectivity index is 1.94. The minimum absolute atomic E-state index is 0.202. The van der Waals surface area contributed by atoms with E-state index in [1.54, 1.807) is 12.1 Å². The molecule has 0 aliphatic carbocycles. The Bertz CT molecular complexity index is 970. The van der Waals surface area contributed by atoms with Gasteiger partial charge in [-0.25, -0.2) is 0 Å². The standard InChI is InChI=1S/C18H14N2O2/c21-16-8-4-1-5-12(16)11-13-9-10-20-15-7-3-2-6-14(15)18(22)19-17(13)20/h1-8,11,21H,9-10H2/b13-11-. The van der Waals surface area contributed by atoms with Crippen LogP contribution in [0.2, 0.25) is 0 Å². The molecule has 1 aliphatic heterocycles. The number of benzene rings is 2. The van der Waals surface area contributed by atoms with Crippen molar-refractivity contribution in [2.45, 2.75) is 13.0 Å². The van der Waals surface area contributed by atoms with Gasteiger partial charge in [0.15, 0.2) is 0 Å². The van der Waals surface area contributed by atoms with Crippen LogP contribution in [-0.2, 0) is 6.54 Å². The Kier molecular flexibility index (Phi) is 2.82. The molecule has 0 spiro atoms. The Labute approximate surface area is 127 Å². The second-order valence-corrected chi connectivity index (χ2v) is 5.39. The summed E-state index contributed by atoms with van der Waals surface area (Å²) in [5.74, 6) is 0.934. The summed E-state index contributed by atoms with van der Waals surface area (Å²) in [6, 6.07) is 14.7. The fourth-order valence-electron chi connectivity index (χ4n) is 2.97. The highest BCUT2D eigenvalue weighted by Gasteiger charge is 2.20. The molecule has 2 heterocycles. The van der Waals surface area contributed by atoms with Gasteiger partial charge in [-0.3, -0.25) is 4.79 Å². The summed E-state index contributed by atoms with van der Waals surface area (Å²) in [6.07, 6.45) is 2.71. The molecule has 3 aromatic rings. The minimum Gasteiger partial charge on any atom is -0.507 e. The molecule has 2 aromatic carbocycles. The van der Waals surface area contributed by atoms with Gasteiger partial charge in [-0.15, -0.1) is 0 Å². The van der Waals surface area contributed by atoms with E-state index in [2.05, 4.69) is 9.55 Å². The zero-order valence-corrected chi connectivity index (χ0v) is 11.9. The summed E-state index contributed by atoms with van der Waals surface area (Å²) in [5.41, 5.74) is 2.43. The first-order valence-electron chi connectivity index (χ1n) is 7.22. The summed E-state index contributed by atoms with van der Waals surface area (Å²) in [5, 5.41) is 10.6. The number of rotatable bonds is 1. The maximum absolute atomic E-state index is 12.2. The molecule has 0 radical (unpaired) electrons. The zero-order valence-electron chi connectivity index (χ0n) is 11.9. The number of para-hydroxylation sites is 2. The zero-order chi connectivity index (χ0) is 15.1. The first kappa shape index (κ1) is 12.8. The van der Waals surface area contributed by atoms with Crippen LogP contribution in [0.25, 0.3) is 22.6 Å². The summed E-state index contributed by atoms with van der Waals surface area (Å²) < 4.78 is 2.07. The van der Waals surface area contributed by atoms with E-state index < -0.39 is 0 Å². The molecule has 0 fully saturated rings. The lowest BCUT2D eigenvalue weighted by atomic mass is 10.1. The maximum atomic E-state index is 12.2. The molecular formula is C18H14N2O2. The van der Waals surface area contributed by atoms with Crippen LogP contribution in [0.4, 0.5) is 0 Å². The Hall–Kier alpha value is -2.88. The fraction of sp³-hybridized carbons (Fsp3) is 0.111. The number of aryl methyl sites for hydroxylation is 1. The lowest BCUT2D eigenvalue weighted by molar-refractivity contribution is 0.474. The van der Waals surface area contributed by atoms with Crippen molar-refractivity contribution in [3.8, 4) is 5.75 Å². The maximum Gasteiger partial charge on any atom is 0.281 e. The highest BCUT2D eigenvalue weighted by molar-refractivity contribution is 5.86. The van der Waals surface area contributed by atoms with Gasteiger partial charge in [0.2, 0.25) is 0 Å². The topological polar surface area (TPSA) is 55.1 Å². The van der Waals surface area contributed by atoms with Crippen LogP contribution >= 0.6 is 0 Å². The van der Waals surface area contributed by atoms with E-state index in [1.807, 2.05) is 42.5 Å². The lowest BCUT2D eigenvalue weighted by Crippen LogP contribution is -2.14. The molecule has 0 saturated heterocycles. The van der Waals surface area contributed by atoms with Crippen LogP contribution in [0, 0.1) is 0 Å². The minimum atomic E-state index is -0.202. The molecule has 108 valence electrons. The second kappa shape index (κ2) is 4.84. The summed E-state index contributed by atoms with van der Waals surface area (Å²) in [4.78, 5) is 16.4. The molecule has 4 heteroatoms. The van der Waals surface area contributed by atoms with Crippen LogP contribution in [0.1, 0.15) is 17.8 Å². The van der Waals surface area contributed by atoms with Gasteiger partial charge in [-0.05, 0) is 36.3 Å². The Morgan fingerprint density at radius 3 is 2.73 bits per heavy atom. The van der Waals surface area contributed by atoms with E-state index >= 15 is 0 Å². The molecule has 0 atom stereocenters. The number of phenols is 1. The van der Waals surface area contributed by atoms with Gasteiger partial charge in [-0.2, -0.15) is 4.98 Å². The summed E-state index contributed by atoms with van der Waals surface area (Å²) >= 11 is 0. The number of fused-ring (bicyclic) bond motifs is 3. The third kappa shape index (κ3) is 1.92. The fourth-order valence-corrected chi connectivity index (χ4v) is 2.97. The van der Waals surface area contributed by atoms with Crippen molar-refractivity contribution in [1.82, 2.24) is 9.55 Å². The van der Waals surface area contributed by atoms with Crippen molar-refractivity contribution >= 4 is 22.6 Å². The van der Waals surface area contributed by atoms with E-state index in [-0.39, 0.29) is 11.3 Å². The molecule has 1 aliphatic rings. The van der Waals surface area contributed by atoms with E-state index in [0.717, 1.165) is 29.6 Å². The number of aromatic nitrogens is 2. The molecule has 1 N–H and O–H groups in total. The van der Waals surface area contributed by atoms with Crippen molar-refractivity contribution in [1.29, 1.82) is 0 Å². The molecule has 0 amide bonds. The number of allylic oxidation sites excluding steroid dienone is 1. The van der Waals surface area contributed by atoms with Crippen LogP contribution in [0.15, 0.2) is 53.3 Å². The quantitative estimate of drug-likeness (QED) is 0.749. The lowest BCUT2D eigenvalue weighted by Gasteiger charge is -2.07. The number of aromatic hydroxyl groups is 1. The third-order valence-corrected chi connectivity index (χ3v) is 4.05. The molecule has 0 bridgehead atoms. The van der Waals surface area contributed by atoms with Crippen molar-refractivity contribution < 1.29 is 5.11 Å². The molecule has 4 nitrogen and oxygen atoms in total. The third-order valence-electron chi connectivity index (χ3n) is 4.05. The smallest absolute Gasteiger partial charge is 0.281 e. The van der Waals surface area contributed by atoms with Crippen LogP contribution in [0.3, 0.4) is 0 Å². The first-order chi connectivity index (χ1) is 10.7. The van der Waals surface area contributed by atoms with Gasteiger partial charge in [-0.1, -0.05) is 30.3 Å². The van der Waals surface area contributed by atoms with E-state index in [4.69, 9.17) is 0 Å². The van der Waals surface area contributed by atoms with Crippen molar-refractivity contribution in [3.63, 3.8) is 0 Å². The van der Waals surface area contributed by atoms with Crippen molar-refractivity contribution in [3.05, 3.63) is 70.3 Å². The van der Waals surface area contributed by atoms with Crippen LogP contribution < -0.4 is 5.56 Å². The monoisotopic (exact) mass is 290 g/mol. The highest BCUT2D eigenvalue weighted by atomic mass is 16.3. The molecule has 22 heavy (non-hydrogen) atoms. The highest BCUT2D eigenvalue weighted by Crippen LogP contribution is 2.31. The number of phenolic OH excluding ortho intramolecular Hbond substituents is 1. The predicted octanol–water partition coefficient (Wildman–Crippen LogP) is 3.05. The average Bonchev–Trinajstić information content (AvgIpc) is 2.93. The van der Waals surface area contributed by atoms with Gasteiger partial charge < -0.3 is 9.67 Å². The van der Waals surface area contributed by atoms with Gasteiger partial charge in [0.1, 0.15) is 11.6 Å². The summed E-state index contributed by atoms with van der Waals surface area (Å²) in [7, 11) is 0. The van der Waals surface area contributed by atoms with Crippen LogP contribution in [0.5, 0.6) is 5.75 Å². The van der Waals surface area contributed by atoms with Gasteiger partial charge in [0.25, 0.3) is 5.56 Å². The summed E-state index contributed by atoms with van der Waals surface area (Å²) in [6.45, 7) is 0.794. The second-order valence-electron chi connectivity index (χ2n) is 5.39. The average molecular weight is 290 g/mol. The Morgan fingerprint density at radius 2 is 1.86 bits per heavy atom. The predicted molar refractivity (Wildman–Crippen MR) is 86.6 cm³/mol. The van der Waals surface area contributed by atoms with Gasteiger partial charge in [0.05, 0.1) is 10.9 Å². The van der Waals surface area contributed by atoms with E-state index in [1.165, 1.54) is 0 Å². The van der Waals surface area contributed by atoms with Gasteiger partial charge in [0, 0.05) is 12.1 Å². The molecule has 1 aromatic heterocycles. The van der Waals surface area contributed by atoms with E-state index in [0.29, 0.717) is 11.2 Å². The Morgan fingerprint density at radius 1 is 1.09 bits per heavy atom. The first-order valence-corrected chi connectivity index (χ1v) is 7.22. The number of nitrogens with zero attached hydrogens (tertiary/aromatic N) is 2. The SMILES string of the molecule is O=c1nc2n(c3ccccc13)CC/C2=C/c1ccccc1O. The number of hydrogen-bond acceptors (Lipinski definition) is 3. The molecule has 0 saturated carbocycles. The molecule has 0 unspecified atom stereocenters. The van der Waals surface area contributed by atoms with Gasteiger partial charge >= 0.3 is 0 Å². The van der Waals surface area contributed by atoms with Crippen LogP contribution in [-0.4, -0.2) is 14.7 Å². The molecular weight excluding hydrogens is 276 g/mol. The largest absolute Gasteiger partial charge is 0.507 e. The number of hydrogen-bond donors (Lipinski definition) is 1. The van der Waals surface area contributed by atoms with Crippen molar-refractivity contribution in [2.24, 2.45) is 0 Å². The normalized spacial score (nSPS) is 15.4. The molecule has 4 rings (SSSR count). The van der Waals surface area contributed by atoms with Crippen molar-refractivity contribution in [2.75, 3.05) is 0 Å². The van der Waals surface area contributed by atoms with E-state index in [9.17, 15) is 9.90 Å².